The highest BCUT2D eigenvalue weighted by Crippen LogP contribution is 2.24. The molecule has 1 aliphatic carbocycles. The van der Waals surface area contributed by atoms with Gasteiger partial charge in [-0.05, 0) is 59.0 Å². The van der Waals surface area contributed by atoms with Crippen molar-refractivity contribution in [3.05, 3.63) is 71.1 Å². The molecule has 1 atom stereocenters. The lowest BCUT2D eigenvalue weighted by molar-refractivity contribution is -0.111. The molecule has 0 radical (unpaired) electrons. The first-order chi connectivity index (χ1) is 11.6. The van der Waals surface area contributed by atoms with E-state index in [1.54, 1.807) is 6.07 Å². The van der Waals surface area contributed by atoms with Crippen molar-refractivity contribution in [2.75, 3.05) is 5.32 Å². The monoisotopic (exact) mass is 322 g/mol. The van der Waals surface area contributed by atoms with Crippen LogP contribution in [0.15, 0.2) is 49.2 Å². The number of nitrogens with one attached hydrogen (secondary N) is 2. The van der Waals surface area contributed by atoms with Gasteiger partial charge in [0.1, 0.15) is 5.82 Å². The molecule has 0 fully saturated rings. The number of aromatic nitrogens is 1. The van der Waals surface area contributed by atoms with Crippen molar-refractivity contribution in [1.82, 2.24) is 4.98 Å². The number of H-pyrrole nitrogens is 1. The van der Waals surface area contributed by atoms with E-state index in [0.717, 1.165) is 34.2 Å². The fraction of sp³-hybridized carbons (Fsp3) is 0.150. The summed E-state index contributed by atoms with van der Waals surface area (Å²) in [7, 11) is 0. The Morgan fingerprint density at radius 3 is 3.00 bits per heavy atom. The second-order valence-corrected chi connectivity index (χ2v) is 5.92. The number of rotatable bonds is 3. The molecule has 24 heavy (non-hydrogen) atoms. The second-order valence-electron chi connectivity index (χ2n) is 5.92. The van der Waals surface area contributed by atoms with Crippen LogP contribution < -0.4 is 15.9 Å². The summed E-state index contributed by atoms with van der Waals surface area (Å²) in [5, 5.41) is 4.63. The molecule has 1 aliphatic rings. The van der Waals surface area contributed by atoms with Gasteiger partial charge in [0.2, 0.25) is 5.91 Å². The molecule has 1 aromatic carbocycles. The van der Waals surface area contributed by atoms with E-state index in [0.29, 0.717) is 5.92 Å². The summed E-state index contributed by atoms with van der Waals surface area (Å²) < 4.78 is 14.3. The molecule has 0 bridgehead atoms. The van der Waals surface area contributed by atoms with Crippen LogP contribution >= 0.6 is 0 Å². The molecule has 2 N–H and O–H groups in total. The summed E-state index contributed by atoms with van der Waals surface area (Å²) in [5.41, 5.74) is 1.90. The van der Waals surface area contributed by atoms with Crippen LogP contribution in [0.25, 0.3) is 17.7 Å². The minimum absolute atomic E-state index is 0.152. The molecule has 0 saturated carbocycles. The average molecular weight is 322 g/mol. The Bertz CT molecular complexity index is 937. The summed E-state index contributed by atoms with van der Waals surface area (Å²) >= 11 is 0. The van der Waals surface area contributed by atoms with Crippen LogP contribution in [0.1, 0.15) is 18.9 Å². The van der Waals surface area contributed by atoms with Gasteiger partial charge in [-0.1, -0.05) is 31.7 Å². The van der Waals surface area contributed by atoms with E-state index >= 15 is 0 Å². The molecular weight excluding hydrogens is 303 g/mol. The van der Waals surface area contributed by atoms with E-state index in [2.05, 4.69) is 42.0 Å². The molecule has 122 valence electrons. The van der Waals surface area contributed by atoms with E-state index in [1.807, 2.05) is 18.3 Å². The summed E-state index contributed by atoms with van der Waals surface area (Å²) in [6.07, 6.45) is 10.3. The lowest BCUT2D eigenvalue weighted by Gasteiger charge is -2.11. The van der Waals surface area contributed by atoms with Crippen LogP contribution in [-0.2, 0) is 4.79 Å². The number of carbonyl (C=O) groups excluding carboxylic acids is 1. The van der Waals surface area contributed by atoms with Gasteiger partial charge in [0.25, 0.3) is 0 Å². The number of anilines is 1. The van der Waals surface area contributed by atoms with E-state index in [4.69, 9.17) is 0 Å². The number of aromatic amines is 1. The summed E-state index contributed by atoms with van der Waals surface area (Å²) in [5.74, 6) is -0.553. The van der Waals surface area contributed by atoms with Gasteiger partial charge in [0.05, 0.1) is 5.69 Å². The van der Waals surface area contributed by atoms with Crippen molar-refractivity contribution >= 4 is 29.3 Å². The Hall–Kier alpha value is -2.88. The third kappa shape index (κ3) is 3.38. The zero-order valence-electron chi connectivity index (χ0n) is 13.5. The first-order valence-corrected chi connectivity index (χ1v) is 7.87. The normalized spacial score (nSPS) is 16.6. The predicted molar refractivity (Wildman–Crippen MR) is 96.0 cm³/mol. The molecule has 0 saturated heterocycles. The number of carbonyl (C=O) groups is 1. The highest BCUT2D eigenvalue weighted by Gasteiger charge is 2.10. The van der Waals surface area contributed by atoms with Crippen LogP contribution in [-0.4, -0.2) is 10.9 Å². The number of fused-ring (bicyclic) bond motifs is 1. The largest absolute Gasteiger partial charge is 0.361 e. The molecule has 4 heteroatoms. The molecule has 2 aromatic rings. The summed E-state index contributed by atoms with van der Waals surface area (Å²) in [4.78, 5) is 14.6. The quantitative estimate of drug-likeness (QED) is 0.839. The van der Waals surface area contributed by atoms with Crippen molar-refractivity contribution in [1.29, 1.82) is 0 Å². The number of benzene rings is 1. The lowest BCUT2D eigenvalue weighted by atomic mass is 9.96. The van der Waals surface area contributed by atoms with Crippen molar-refractivity contribution in [3.8, 4) is 0 Å². The van der Waals surface area contributed by atoms with Crippen molar-refractivity contribution in [2.45, 2.75) is 13.3 Å². The second kappa shape index (κ2) is 6.71. The molecule has 1 aromatic heterocycles. The highest BCUT2D eigenvalue weighted by atomic mass is 19.1. The van der Waals surface area contributed by atoms with E-state index in [-0.39, 0.29) is 5.69 Å². The molecule has 3 nitrogen and oxygen atoms in total. The third-order valence-electron chi connectivity index (χ3n) is 4.03. The number of hydrogen-bond acceptors (Lipinski definition) is 1. The molecule has 0 aliphatic heterocycles. The van der Waals surface area contributed by atoms with Crippen LogP contribution in [0.3, 0.4) is 0 Å². The Labute approximate surface area is 139 Å². The topological polar surface area (TPSA) is 44.9 Å². The van der Waals surface area contributed by atoms with E-state index < -0.39 is 11.7 Å². The highest BCUT2D eigenvalue weighted by molar-refractivity contribution is 5.99. The molecule has 3 rings (SSSR count). The average Bonchev–Trinajstić information content (AvgIpc) is 2.98. The van der Waals surface area contributed by atoms with E-state index in [1.165, 1.54) is 6.07 Å². The van der Waals surface area contributed by atoms with Gasteiger partial charge in [0.15, 0.2) is 0 Å². The summed E-state index contributed by atoms with van der Waals surface area (Å²) in [6.45, 7) is 5.50. The third-order valence-corrected chi connectivity index (χ3v) is 4.03. The van der Waals surface area contributed by atoms with Crippen molar-refractivity contribution in [2.24, 2.45) is 5.92 Å². The minimum atomic E-state index is -0.465. The zero-order chi connectivity index (χ0) is 17.1. The molecule has 1 unspecified atom stereocenters. The van der Waals surface area contributed by atoms with E-state index in [9.17, 15) is 9.18 Å². The van der Waals surface area contributed by atoms with Crippen molar-refractivity contribution in [3.63, 3.8) is 0 Å². The Morgan fingerprint density at radius 2 is 2.25 bits per heavy atom. The van der Waals surface area contributed by atoms with Gasteiger partial charge < -0.3 is 10.3 Å². The Morgan fingerprint density at radius 1 is 1.42 bits per heavy atom. The molecule has 0 spiro atoms. The predicted octanol–water partition coefficient (Wildman–Crippen LogP) is 2.96. The lowest BCUT2D eigenvalue weighted by Crippen LogP contribution is -2.23. The Balaban J connectivity index is 2.03. The number of halogens is 1. The van der Waals surface area contributed by atoms with Crippen LogP contribution in [0.5, 0.6) is 0 Å². The standard InChI is InChI=1S/C20H19FN2O/c1-3-20(24)23-19-7-5-14(12-17(19)21)16-10-13(2)4-6-18-15(11-16)8-9-22-18/h3,5-13,22H,1,4H2,2H3,(H,23,24). The fourth-order valence-electron chi connectivity index (χ4n) is 2.75. The van der Waals surface area contributed by atoms with Gasteiger partial charge in [-0.25, -0.2) is 4.39 Å². The first-order valence-electron chi connectivity index (χ1n) is 7.87. The van der Waals surface area contributed by atoms with Gasteiger partial charge in [-0.3, -0.25) is 4.79 Å². The van der Waals surface area contributed by atoms with Crippen molar-refractivity contribution < 1.29 is 9.18 Å². The van der Waals surface area contributed by atoms with Crippen LogP contribution in [0, 0.1) is 11.7 Å². The maximum absolute atomic E-state index is 14.3. The van der Waals surface area contributed by atoms with Crippen LogP contribution in [0.4, 0.5) is 10.1 Å². The Kier molecular flexibility index (Phi) is 4.47. The summed E-state index contributed by atoms with van der Waals surface area (Å²) in [6, 6.07) is 6.85. The number of allylic oxidation sites excluding steroid dienone is 2. The maximum atomic E-state index is 14.3. The maximum Gasteiger partial charge on any atom is 0.247 e. The van der Waals surface area contributed by atoms with Gasteiger partial charge in [-0.2, -0.15) is 0 Å². The smallest absolute Gasteiger partial charge is 0.247 e. The molecule has 1 heterocycles. The van der Waals surface area contributed by atoms with Gasteiger partial charge >= 0.3 is 0 Å². The fourth-order valence-corrected chi connectivity index (χ4v) is 2.75. The first kappa shape index (κ1) is 16.0. The van der Waals surface area contributed by atoms with Gasteiger partial charge in [0, 0.05) is 11.5 Å². The molecular formula is C20H19FN2O. The zero-order valence-corrected chi connectivity index (χ0v) is 13.5. The van der Waals surface area contributed by atoms with Crippen LogP contribution in [0.2, 0.25) is 0 Å². The number of hydrogen-bond donors (Lipinski definition) is 2. The minimum Gasteiger partial charge on any atom is -0.361 e. The van der Waals surface area contributed by atoms with Gasteiger partial charge in [-0.15, -0.1) is 0 Å². The SMILES string of the molecule is C=CC(=O)Nc1ccc(C2=CC(C)CC=c3[nH]ccc3=C2)cc1F. The number of amides is 1. The molecule has 1 amide bonds.